The smallest absolute Gasteiger partial charge is 0.266 e. The standard InChI is InChI=1S/C17H23N2O3P/c1-13(2)22-23(21,17(20)16-7-5-6-12-18-16)15-10-8-14(9-11-15)19(3)4/h5-13,17,20H,1-4H3/t17-,23+/m0/s1. The van der Waals surface area contributed by atoms with Gasteiger partial charge in [0.2, 0.25) is 0 Å². The van der Waals surface area contributed by atoms with E-state index in [0.717, 1.165) is 5.69 Å². The molecule has 0 bridgehead atoms. The Balaban J connectivity index is 2.44. The fourth-order valence-corrected chi connectivity index (χ4v) is 4.45. The number of rotatable bonds is 6. The van der Waals surface area contributed by atoms with E-state index in [4.69, 9.17) is 4.52 Å². The quantitative estimate of drug-likeness (QED) is 0.822. The molecule has 0 fully saturated rings. The molecule has 2 atom stereocenters. The van der Waals surface area contributed by atoms with Gasteiger partial charge in [0.1, 0.15) is 0 Å². The first-order chi connectivity index (χ1) is 10.8. The lowest BCUT2D eigenvalue weighted by Gasteiger charge is -2.26. The highest BCUT2D eigenvalue weighted by atomic mass is 31.2. The number of nitrogens with zero attached hydrogens (tertiary/aromatic N) is 2. The van der Waals surface area contributed by atoms with E-state index < -0.39 is 13.2 Å². The zero-order chi connectivity index (χ0) is 17.0. The Morgan fingerprint density at radius 2 is 1.78 bits per heavy atom. The average Bonchev–Trinajstić information content (AvgIpc) is 2.54. The normalized spacial score (nSPS) is 15.2. The van der Waals surface area contributed by atoms with Crippen molar-refractivity contribution < 1.29 is 14.2 Å². The summed E-state index contributed by atoms with van der Waals surface area (Å²) >= 11 is 0. The van der Waals surface area contributed by atoms with Crippen molar-refractivity contribution in [3.05, 3.63) is 54.4 Å². The highest BCUT2D eigenvalue weighted by Crippen LogP contribution is 2.58. The van der Waals surface area contributed by atoms with Crippen LogP contribution in [0.3, 0.4) is 0 Å². The highest BCUT2D eigenvalue weighted by molar-refractivity contribution is 7.67. The molecule has 0 spiro atoms. The van der Waals surface area contributed by atoms with Crippen molar-refractivity contribution >= 4 is 18.4 Å². The summed E-state index contributed by atoms with van der Waals surface area (Å²) in [6, 6.07) is 12.3. The molecule has 0 unspecified atom stereocenters. The molecule has 0 aliphatic rings. The van der Waals surface area contributed by atoms with Crippen molar-refractivity contribution in [3.63, 3.8) is 0 Å². The van der Waals surface area contributed by atoms with Crippen LogP contribution in [0, 0.1) is 0 Å². The van der Waals surface area contributed by atoms with E-state index >= 15 is 0 Å². The van der Waals surface area contributed by atoms with E-state index in [0.29, 0.717) is 11.0 Å². The Hall–Kier alpha value is -1.68. The zero-order valence-corrected chi connectivity index (χ0v) is 14.8. The van der Waals surface area contributed by atoms with Crippen LogP contribution in [-0.2, 0) is 9.09 Å². The van der Waals surface area contributed by atoms with E-state index in [1.165, 1.54) is 0 Å². The van der Waals surface area contributed by atoms with Gasteiger partial charge in [0, 0.05) is 31.3 Å². The molecule has 1 heterocycles. The number of hydrogen-bond acceptors (Lipinski definition) is 5. The Bertz CT molecular complexity index is 672. The summed E-state index contributed by atoms with van der Waals surface area (Å²) in [4.78, 5) is 6.06. The molecule has 1 aromatic heterocycles. The molecule has 1 aromatic carbocycles. The molecule has 0 saturated carbocycles. The Labute approximate surface area is 137 Å². The number of anilines is 1. The molecule has 124 valence electrons. The minimum atomic E-state index is -3.52. The summed E-state index contributed by atoms with van der Waals surface area (Å²) < 4.78 is 19.2. The summed E-state index contributed by atoms with van der Waals surface area (Å²) in [5, 5.41) is 11.1. The number of aromatic nitrogens is 1. The molecule has 2 aromatic rings. The average molecular weight is 334 g/mol. The van der Waals surface area contributed by atoms with E-state index in [1.54, 1.807) is 50.4 Å². The van der Waals surface area contributed by atoms with Gasteiger partial charge in [0.25, 0.3) is 7.37 Å². The van der Waals surface area contributed by atoms with Crippen molar-refractivity contribution in [2.45, 2.75) is 25.8 Å². The first-order valence-corrected chi connectivity index (χ1v) is 9.19. The fraction of sp³-hybridized carbons (Fsp3) is 0.353. The minimum Gasteiger partial charge on any atom is -0.378 e. The summed E-state index contributed by atoms with van der Waals surface area (Å²) in [6.07, 6.45) is 1.28. The monoisotopic (exact) mass is 334 g/mol. The molecule has 0 aliphatic carbocycles. The molecule has 5 nitrogen and oxygen atoms in total. The van der Waals surface area contributed by atoms with E-state index in [-0.39, 0.29) is 6.10 Å². The predicted molar refractivity (Wildman–Crippen MR) is 93.4 cm³/mol. The third-order valence-electron chi connectivity index (χ3n) is 3.37. The van der Waals surface area contributed by atoms with Crippen LogP contribution in [-0.4, -0.2) is 30.3 Å². The van der Waals surface area contributed by atoms with Gasteiger partial charge in [0.05, 0.1) is 11.8 Å². The van der Waals surface area contributed by atoms with Crippen molar-refractivity contribution in [1.82, 2.24) is 4.98 Å². The van der Waals surface area contributed by atoms with Gasteiger partial charge >= 0.3 is 0 Å². The predicted octanol–water partition coefficient (Wildman–Crippen LogP) is 3.17. The lowest BCUT2D eigenvalue weighted by molar-refractivity contribution is 0.186. The van der Waals surface area contributed by atoms with Crippen LogP contribution in [0.15, 0.2) is 48.7 Å². The first-order valence-electron chi connectivity index (χ1n) is 7.49. The summed E-state index contributed by atoms with van der Waals surface area (Å²) in [5.74, 6) is -1.30. The summed E-state index contributed by atoms with van der Waals surface area (Å²) in [5.41, 5.74) is 1.32. The van der Waals surface area contributed by atoms with Crippen LogP contribution in [0.5, 0.6) is 0 Å². The Morgan fingerprint density at radius 3 is 2.26 bits per heavy atom. The maximum absolute atomic E-state index is 13.5. The molecular formula is C17H23N2O3P. The number of aliphatic hydroxyl groups excluding tert-OH is 1. The summed E-state index contributed by atoms with van der Waals surface area (Å²) in [7, 11) is 0.349. The van der Waals surface area contributed by atoms with Gasteiger partial charge < -0.3 is 14.5 Å². The van der Waals surface area contributed by atoms with Crippen LogP contribution in [0.1, 0.15) is 25.4 Å². The van der Waals surface area contributed by atoms with E-state index in [1.807, 2.05) is 31.1 Å². The maximum Gasteiger partial charge on any atom is 0.266 e. The summed E-state index contributed by atoms with van der Waals surface area (Å²) in [6.45, 7) is 3.60. The largest absolute Gasteiger partial charge is 0.378 e. The molecule has 0 radical (unpaired) electrons. The van der Waals surface area contributed by atoms with Crippen molar-refractivity contribution in [2.75, 3.05) is 19.0 Å². The SMILES string of the molecule is CC(C)O[P@](=O)(c1ccc(N(C)C)cc1)[C@H](O)c1ccccn1. The van der Waals surface area contributed by atoms with Crippen molar-refractivity contribution in [2.24, 2.45) is 0 Å². The van der Waals surface area contributed by atoms with Gasteiger partial charge in [-0.1, -0.05) is 6.07 Å². The van der Waals surface area contributed by atoms with Gasteiger partial charge in [-0.25, -0.2) is 0 Å². The number of pyridine rings is 1. The zero-order valence-electron chi connectivity index (χ0n) is 13.9. The van der Waals surface area contributed by atoms with Crippen molar-refractivity contribution in [3.8, 4) is 0 Å². The first kappa shape index (κ1) is 17.7. The maximum atomic E-state index is 13.5. The van der Waals surface area contributed by atoms with E-state index in [9.17, 15) is 9.67 Å². The molecule has 0 saturated heterocycles. The topological polar surface area (TPSA) is 62.7 Å². The second kappa shape index (κ2) is 7.26. The van der Waals surface area contributed by atoms with Crippen LogP contribution < -0.4 is 10.2 Å². The lowest BCUT2D eigenvalue weighted by Crippen LogP contribution is -2.18. The van der Waals surface area contributed by atoms with Gasteiger partial charge in [-0.2, -0.15) is 0 Å². The lowest BCUT2D eigenvalue weighted by atomic mass is 10.3. The molecule has 1 N–H and O–H groups in total. The van der Waals surface area contributed by atoms with Crippen LogP contribution in [0.2, 0.25) is 0 Å². The Kier molecular flexibility index (Phi) is 5.58. The third kappa shape index (κ3) is 3.99. The highest BCUT2D eigenvalue weighted by Gasteiger charge is 2.38. The number of aliphatic hydroxyl groups is 1. The van der Waals surface area contributed by atoms with Crippen LogP contribution >= 0.6 is 7.37 Å². The number of benzene rings is 1. The molecule has 0 amide bonds. The van der Waals surface area contributed by atoms with Gasteiger partial charge in [-0.3, -0.25) is 9.55 Å². The van der Waals surface area contributed by atoms with Crippen LogP contribution in [0.4, 0.5) is 5.69 Å². The van der Waals surface area contributed by atoms with Crippen molar-refractivity contribution in [1.29, 1.82) is 0 Å². The van der Waals surface area contributed by atoms with Crippen LogP contribution in [0.25, 0.3) is 0 Å². The third-order valence-corrected chi connectivity index (χ3v) is 6.03. The number of hydrogen-bond donors (Lipinski definition) is 1. The fourth-order valence-electron chi connectivity index (χ4n) is 2.23. The van der Waals surface area contributed by atoms with Gasteiger partial charge in [0.15, 0.2) is 5.85 Å². The Morgan fingerprint density at radius 1 is 1.13 bits per heavy atom. The molecule has 2 rings (SSSR count). The van der Waals surface area contributed by atoms with E-state index in [2.05, 4.69) is 4.98 Å². The molecule has 0 aliphatic heterocycles. The van der Waals surface area contributed by atoms with Gasteiger partial charge in [-0.05, 0) is 50.2 Å². The molecular weight excluding hydrogens is 311 g/mol. The molecule has 23 heavy (non-hydrogen) atoms. The second-order valence-electron chi connectivity index (χ2n) is 5.79. The second-order valence-corrected chi connectivity index (χ2v) is 8.20. The molecule has 6 heteroatoms. The van der Waals surface area contributed by atoms with Gasteiger partial charge in [-0.15, -0.1) is 0 Å². The minimum absolute atomic E-state index is 0.285.